The number of hydrogen-bond donors (Lipinski definition) is 2. The fourth-order valence-electron chi connectivity index (χ4n) is 4.84. The maximum Gasteiger partial charge on any atom is 0.274 e. The molecule has 1 aliphatic carbocycles. The van der Waals surface area contributed by atoms with Gasteiger partial charge in [0, 0.05) is 47.3 Å². The number of fused-ring (bicyclic) bond motifs is 1. The molecule has 194 valence electrons. The zero-order valence-corrected chi connectivity index (χ0v) is 21.2. The number of nitrogens with two attached hydrogens (primary N) is 1. The number of aromatic nitrogens is 1. The van der Waals surface area contributed by atoms with Gasteiger partial charge >= 0.3 is 0 Å². The van der Waals surface area contributed by atoms with E-state index in [1.54, 1.807) is 11.0 Å². The minimum atomic E-state index is -1.59. The quantitative estimate of drug-likeness (QED) is 0.536. The van der Waals surface area contributed by atoms with Crippen molar-refractivity contribution < 1.29 is 23.1 Å². The van der Waals surface area contributed by atoms with E-state index in [0.29, 0.717) is 37.7 Å². The van der Waals surface area contributed by atoms with Gasteiger partial charge in [0.15, 0.2) is 5.17 Å². The first kappa shape index (κ1) is 25.6. The Hall–Kier alpha value is -3.02. The number of thioether (sulfide) groups is 1. The van der Waals surface area contributed by atoms with Gasteiger partial charge in [-0.05, 0) is 36.8 Å². The van der Waals surface area contributed by atoms with E-state index in [4.69, 9.17) is 22.1 Å². The molecule has 2 aliphatic heterocycles. The zero-order chi connectivity index (χ0) is 26.2. The number of pyridine rings is 1. The molecule has 2 amide bonds. The Bertz CT molecular complexity index is 1290. The molecule has 2 aromatic rings. The van der Waals surface area contributed by atoms with E-state index in [-0.39, 0.29) is 28.0 Å². The molecule has 1 aromatic heterocycles. The van der Waals surface area contributed by atoms with Crippen LogP contribution in [0.2, 0.25) is 5.02 Å². The summed E-state index contributed by atoms with van der Waals surface area (Å²) in [6.45, 7) is 0.957. The first-order chi connectivity index (χ1) is 17.8. The van der Waals surface area contributed by atoms with Crippen molar-refractivity contribution in [2.24, 2.45) is 16.6 Å². The SMILES string of the molecule is NC1=N[C@](CF)(c2cc(NC(=O)c3ccc(Cl)cn3)ccc2F)[C@@H]2C[C@]2(/C=C/C(=O)N2CCOCC2)S1. The maximum atomic E-state index is 15.2. The number of hydrogen-bond acceptors (Lipinski definition) is 7. The highest BCUT2D eigenvalue weighted by Gasteiger charge is 2.67. The third-order valence-electron chi connectivity index (χ3n) is 6.82. The summed E-state index contributed by atoms with van der Waals surface area (Å²) in [5.74, 6) is -1.80. The van der Waals surface area contributed by atoms with Crippen molar-refractivity contribution in [2.45, 2.75) is 16.7 Å². The standard InChI is InChI=1S/C25H24ClF2N5O3S/c26-15-1-4-19(30-13-15)22(35)31-16-2-3-18(28)17(11-16)25(14-27)20-12-24(20,37-23(29)32-25)6-5-21(34)33-7-9-36-10-8-33/h1-6,11,13,20H,7-10,12,14H2,(H2,29,32)(H,31,35)/b6-5+/t20-,24+,25-/m1/s1. The van der Waals surface area contributed by atoms with Gasteiger partial charge in [-0.2, -0.15) is 0 Å². The summed E-state index contributed by atoms with van der Waals surface area (Å²) in [7, 11) is 0. The number of alkyl halides is 1. The average Bonchev–Trinajstić information content (AvgIpc) is 3.63. The minimum absolute atomic E-state index is 0.0140. The highest BCUT2D eigenvalue weighted by Crippen LogP contribution is 2.67. The molecule has 0 spiro atoms. The lowest BCUT2D eigenvalue weighted by molar-refractivity contribution is -0.130. The molecule has 0 bridgehead atoms. The van der Waals surface area contributed by atoms with Crippen LogP contribution in [0.15, 0.2) is 53.7 Å². The summed E-state index contributed by atoms with van der Waals surface area (Å²) in [6, 6.07) is 6.90. The molecule has 37 heavy (non-hydrogen) atoms. The fraction of sp³-hybridized carbons (Fsp3) is 0.360. The lowest BCUT2D eigenvalue weighted by atomic mass is 9.84. The van der Waals surface area contributed by atoms with Gasteiger partial charge in [-0.15, -0.1) is 0 Å². The summed E-state index contributed by atoms with van der Waals surface area (Å²) in [5, 5.41) is 3.14. The number of benzene rings is 1. The van der Waals surface area contributed by atoms with Gasteiger partial charge in [-0.3, -0.25) is 9.59 Å². The second-order valence-electron chi connectivity index (χ2n) is 9.10. The molecule has 1 aromatic carbocycles. The highest BCUT2D eigenvalue weighted by molar-refractivity contribution is 8.15. The van der Waals surface area contributed by atoms with Crippen LogP contribution in [0.1, 0.15) is 22.5 Å². The number of carbonyl (C=O) groups excluding carboxylic acids is 2. The topological polar surface area (TPSA) is 110 Å². The minimum Gasteiger partial charge on any atom is -0.378 e. The van der Waals surface area contributed by atoms with Crippen LogP contribution in [-0.2, 0) is 15.1 Å². The number of carbonyl (C=O) groups is 2. The van der Waals surface area contributed by atoms with Gasteiger partial charge in [-0.25, -0.2) is 18.8 Å². The van der Waals surface area contributed by atoms with Crippen LogP contribution < -0.4 is 11.1 Å². The van der Waals surface area contributed by atoms with Crippen molar-refractivity contribution in [1.82, 2.24) is 9.88 Å². The number of aliphatic imine (C=N–C) groups is 1. The van der Waals surface area contributed by atoms with Gasteiger partial charge in [0.25, 0.3) is 5.91 Å². The first-order valence-electron chi connectivity index (χ1n) is 11.7. The normalized spacial score (nSPS) is 26.9. The average molecular weight is 548 g/mol. The van der Waals surface area contributed by atoms with Crippen molar-refractivity contribution in [3.63, 3.8) is 0 Å². The number of halogens is 3. The Morgan fingerprint density at radius 1 is 1.30 bits per heavy atom. The molecule has 1 saturated heterocycles. The summed E-state index contributed by atoms with van der Waals surface area (Å²) in [4.78, 5) is 35.3. The van der Waals surface area contributed by atoms with E-state index in [1.807, 2.05) is 0 Å². The Morgan fingerprint density at radius 3 is 2.78 bits per heavy atom. The van der Waals surface area contributed by atoms with Gasteiger partial charge < -0.3 is 20.7 Å². The number of morpholine rings is 1. The Balaban J connectivity index is 1.41. The largest absolute Gasteiger partial charge is 0.378 e. The molecule has 3 N–H and O–H groups in total. The van der Waals surface area contributed by atoms with Crippen LogP contribution in [0.25, 0.3) is 0 Å². The third kappa shape index (κ3) is 4.95. The van der Waals surface area contributed by atoms with Crippen LogP contribution in [0.3, 0.4) is 0 Å². The molecule has 0 radical (unpaired) electrons. The molecular weight excluding hydrogens is 524 g/mol. The number of amides is 2. The molecule has 3 aliphatic rings. The van der Waals surface area contributed by atoms with Crippen LogP contribution in [0, 0.1) is 11.7 Å². The van der Waals surface area contributed by atoms with E-state index < -0.39 is 34.6 Å². The molecule has 0 unspecified atom stereocenters. The molecule has 12 heteroatoms. The lowest BCUT2D eigenvalue weighted by Crippen LogP contribution is -2.41. The van der Waals surface area contributed by atoms with Crippen LogP contribution >= 0.6 is 23.4 Å². The van der Waals surface area contributed by atoms with Crippen molar-refractivity contribution in [3.05, 3.63) is 70.8 Å². The highest BCUT2D eigenvalue weighted by atomic mass is 35.5. The number of ether oxygens (including phenoxy) is 1. The number of nitrogens with zero attached hydrogens (tertiary/aromatic N) is 3. The summed E-state index contributed by atoms with van der Waals surface area (Å²) in [5.41, 5.74) is 4.88. The fourth-order valence-corrected chi connectivity index (χ4v) is 6.27. The maximum absolute atomic E-state index is 15.2. The van der Waals surface area contributed by atoms with E-state index >= 15 is 4.39 Å². The Kier molecular flexibility index (Phi) is 6.95. The van der Waals surface area contributed by atoms with Gasteiger partial charge in [0.1, 0.15) is 23.7 Å². The van der Waals surface area contributed by atoms with Crippen LogP contribution in [-0.4, -0.2) is 64.6 Å². The molecule has 2 fully saturated rings. The molecule has 1 saturated carbocycles. The zero-order valence-electron chi connectivity index (χ0n) is 19.6. The molecule has 8 nitrogen and oxygen atoms in total. The Labute approximate surface area is 221 Å². The summed E-state index contributed by atoms with van der Waals surface area (Å²) >= 11 is 7.08. The van der Waals surface area contributed by atoms with Gasteiger partial charge in [0.2, 0.25) is 5.91 Å². The number of anilines is 1. The number of amidine groups is 1. The number of rotatable bonds is 6. The third-order valence-corrected chi connectivity index (χ3v) is 8.31. The summed E-state index contributed by atoms with van der Waals surface area (Å²) in [6.07, 6.45) is 5.02. The summed E-state index contributed by atoms with van der Waals surface area (Å²) < 4.78 is 34.6. The van der Waals surface area contributed by atoms with Crippen LogP contribution in [0.5, 0.6) is 0 Å². The van der Waals surface area contributed by atoms with E-state index in [1.165, 1.54) is 48.3 Å². The monoisotopic (exact) mass is 547 g/mol. The molecular formula is C25H24ClF2N5O3S. The smallest absolute Gasteiger partial charge is 0.274 e. The van der Waals surface area contributed by atoms with E-state index in [9.17, 15) is 14.0 Å². The molecule has 3 heterocycles. The van der Waals surface area contributed by atoms with E-state index in [0.717, 1.165) is 6.07 Å². The van der Waals surface area contributed by atoms with Crippen molar-refractivity contribution in [3.8, 4) is 0 Å². The van der Waals surface area contributed by atoms with Crippen molar-refractivity contribution >= 4 is 46.0 Å². The van der Waals surface area contributed by atoms with Crippen molar-refractivity contribution in [2.75, 3.05) is 38.3 Å². The second kappa shape index (κ2) is 10.0. The van der Waals surface area contributed by atoms with Gasteiger partial charge in [0.05, 0.1) is 18.2 Å². The van der Waals surface area contributed by atoms with Crippen molar-refractivity contribution in [1.29, 1.82) is 0 Å². The molecule has 5 rings (SSSR count). The Morgan fingerprint density at radius 2 is 2.08 bits per heavy atom. The predicted octanol–water partition coefficient (Wildman–Crippen LogP) is 3.53. The molecule has 3 atom stereocenters. The van der Waals surface area contributed by atoms with Gasteiger partial charge in [-0.1, -0.05) is 29.4 Å². The van der Waals surface area contributed by atoms with Crippen LogP contribution in [0.4, 0.5) is 14.5 Å². The number of nitrogens with one attached hydrogen (secondary N) is 1. The second-order valence-corrected chi connectivity index (χ2v) is 10.9. The lowest BCUT2D eigenvalue weighted by Gasteiger charge is -2.34. The first-order valence-corrected chi connectivity index (χ1v) is 12.8. The van der Waals surface area contributed by atoms with E-state index in [2.05, 4.69) is 15.3 Å². The predicted molar refractivity (Wildman–Crippen MR) is 138 cm³/mol.